The van der Waals surface area contributed by atoms with Crippen molar-refractivity contribution in [3.05, 3.63) is 0 Å². The molecule has 1 aliphatic rings. The third-order valence-electron chi connectivity index (χ3n) is 3.54. The summed E-state index contributed by atoms with van der Waals surface area (Å²) in [5, 5.41) is 12.4. The van der Waals surface area contributed by atoms with Gasteiger partial charge in [0.2, 0.25) is 0 Å². The normalized spacial score (nSPS) is 20.7. The Morgan fingerprint density at radius 2 is 1.94 bits per heavy atom. The number of piperidine rings is 1. The molecule has 1 heterocycles. The van der Waals surface area contributed by atoms with E-state index in [0.717, 1.165) is 39.0 Å². The van der Waals surface area contributed by atoms with E-state index in [4.69, 9.17) is 5.11 Å². The maximum atomic E-state index is 10.9. The van der Waals surface area contributed by atoms with Crippen LogP contribution in [0.2, 0.25) is 0 Å². The number of hydrogen-bond donors (Lipinski definition) is 2. The average Bonchev–Trinajstić information content (AvgIpc) is 2.28. The first-order valence-electron chi connectivity index (χ1n) is 6.68. The molecule has 0 amide bonds. The first-order chi connectivity index (χ1) is 8.00. The van der Waals surface area contributed by atoms with E-state index >= 15 is 0 Å². The van der Waals surface area contributed by atoms with Gasteiger partial charge in [0.15, 0.2) is 0 Å². The quantitative estimate of drug-likeness (QED) is 0.739. The van der Waals surface area contributed by atoms with E-state index in [1.165, 1.54) is 0 Å². The molecule has 0 aromatic carbocycles. The summed E-state index contributed by atoms with van der Waals surface area (Å²) < 4.78 is 0. The number of carbonyl (C=O) groups is 1. The van der Waals surface area contributed by atoms with Crippen molar-refractivity contribution >= 4 is 5.97 Å². The van der Waals surface area contributed by atoms with Crippen LogP contribution in [0.25, 0.3) is 0 Å². The molecule has 4 nitrogen and oxygen atoms in total. The van der Waals surface area contributed by atoms with E-state index in [1.54, 1.807) is 6.92 Å². The first kappa shape index (κ1) is 14.5. The highest BCUT2D eigenvalue weighted by molar-refractivity contribution is 5.72. The fourth-order valence-corrected chi connectivity index (χ4v) is 2.28. The van der Waals surface area contributed by atoms with E-state index in [0.29, 0.717) is 11.8 Å². The molecule has 1 fully saturated rings. The minimum absolute atomic E-state index is 0.334. The van der Waals surface area contributed by atoms with Gasteiger partial charge in [-0.05, 0) is 57.8 Å². The zero-order valence-electron chi connectivity index (χ0n) is 11.3. The standard InChI is InChI=1S/C13H26N2O2/c1-10(2)8-14-9-12-4-6-15(7-5-12)11(3)13(16)17/h10-12,14H,4-9H2,1-3H3,(H,16,17). The van der Waals surface area contributed by atoms with Gasteiger partial charge in [-0.1, -0.05) is 13.8 Å². The zero-order valence-corrected chi connectivity index (χ0v) is 11.3. The summed E-state index contributed by atoms with van der Waals surface area (Å²) in [6, 6.07) is -0.334. The first-order valence-corrected chi connectivity index (χ1v) is 6.68. The lowest BCUT2D eigenvalue weighted by Gasteiger charge is -2.34. The molecular formula is C13H26N2O2. The van der Waals surface area contributed by atoms with Crippen LogP contribution in [-0.2, 0) is 4.79 Å². The average molecular weight is 242 g/mol. The van der Waals surface area contributed by atoms with Gasteiger partial charge in [0.25, 0.3) is 0 Å². The number of carboxylic acid groups (broad SMARTS) is 1. The van der Waals surface area contributed by atoms with Crippen molar-refractivity contribution in [1.82, 2.24) is 10.2 Å². The van der Waals surface area contributed by atoms with Crippen molar-refractivity contribution < 1.29 is 9.90 Å². The topological polar surface area (TPSA) is 52.6 Å². The number of likely N-dealkylation sites (tertiary alicyclic amines) is 1. The molecule has 17 heavy (non-hydrogen) atoms. The molecule has 100 valence electrons. The van der Waals surface area contributed by atoms with Crippen LogP contribution >= 0.6 is 0 Å². The smallest absolute Gasteiger partial charge is 0.320 e. The van der Waals surface area contributed by atoms with Crippen LogP contribution in [-0.4, -0.2) is 48.2 Å². The fourth-order valence-electron chi connectivity index (χ4n) is 2.28. The van der Waals surface area contributed by atoms with Crippen molar-refractivity contribution in [2.75, 3.05) is 26.2 Å². The van der Waals surface area contributed by atoms with Crippen LogP contribution in [0.15, 0.2) is 0 Å². The van der Waals surface area contributed by atoms with E-state index in [1.807, 2.05) is 0 Å². The number of hydrogen-bond acceptors (Lipinski definition) is 3. The van der Waals surface area contributed by atoms with Crippen LogP contribution in [0.1, 0.15) is 33.6 Å². The van der Waals surface area contributed by atoms with E-state index < -0.39 is 5.97 Å². The molecule has 4 heteroatoms. The van der Waals surface area contributed by atoms with E-state index in [9.17, 15) is 4.79 Å². The van der Waals surface area contributed by atoms with E-state index in [-0.39, 0.29) is 6.04 Å². The van der Waals surface area contributed by atoms with Crippen LogP contribution in [0.4, 0.5) is 0 Å². The molecule has 1 rings (SSSR count). The Hall–Kier alpha value is -0.610. The Kier molecular flexibility index (Phi) is 5.92. The summed E-state index contributed by atoms with van der Waals surface area (Å²) in [7, 11) is 0. The van der Waals surface area contributed by atoms with Gasteiger partial charge < -0.3 is 10.4 Å². The Bertz CT molecular complexity index is 236. The Morgan fingerprint density at radius 1 is 1.35 bits per heavy atom. The van der Waals surface area contributed by atoms with Gasteiger partial charge in [-0.25, -0.2) is 0 Å². The molecule has 0 spiro atoms. The van der Waals surface area contributed by atoms with Crippen LogP contribution in [0, 0.1) is 11.8 Å². The third-order valence-corrected chi connectivity index (χ3v) is 3.54. The highest BCUT2D eigenvalue weighted by Gasteiger charge is 2.25. The van der Waals surface area contributed by atoms with Crippen molar-refractivity contribution in [1.29, 1.82) is 0 Å². The van der Waals surface area contributed by atoms with Gasteiger partial charge in [-0.3, -0.25) is 9.69 Å². The molecular weight excluding hydrogens is 216 g/mol. The van der Waals surface area contributed by atoms with Gasteiger partial charge >= 0.3 is 5.97 Å². The van der Waals surface area contributed by atoms with Gasteiger partial charge in [0.05, 0.1) is 0 Å². The monoisotopic (exact) mass is 242 g/mol. The maximum Gasteiger partial charge on any atom is 0.320 e. The number of carboxylic acids is 1. The van der Waals surface area contributed by atoms with Crippen molar-refractivity contribution in [3.8, 4) is 0 Å². The van der Waals surface area contributed by atoms with Crippen LogP contribution in [0.3, 0.4) is 0 Å². The lowest BCUT2D eigenvalue weighted by Crippen LogP contribution is -2.45. The second kappa shape index (κ2) is 6.97. The SMILES string of the molecule is CC(C)CNCC1CCN(C(C)C(=O)O)CC1. The molecule has 0 bridgehead atoms. The van der Waals surface area contributed by atoms with Gasteiger partial charge in [-0.15, -0.1) is 0 Å². The molecule has 0 aromatic rings. The minimum atomic E-state index is -0.707. The molecule has 1 aliphatic heterocycles. The van der Waals surface area contributed by atoms with Gasteiger partial charge in [-0.2, -0.15) is 0 Å². The Labute approximate surface area is 104 Å². The lowest BCUT2D eigenvalue weighted by molar-refractivity contribution is -0.143. The number of nitrogens with zero attached hydrogens (tertiary/aromatic N) is 1. The zero-order chi connectivity index (χ0) is 12.8. The largest absolute Gasteiger partial charge is 0.480 e. The summed E-state index contributed by atoms with van der Waals surface area (Å²) in [5.41, 5.74) is 0. The molecule has 2 N–H and O–H groups in total. The second-order valence-electron chi connectivity index (χ2n) is 5.55. The van der Waals surface area contributed by atoms with Crippen LogP contribution < -0.4 is 5.32 Å². The van der Waals surface area contributed by atoms with Crippen LogP contribution in [0.5, 0.6) is 0 Å². The molecule has 1 unspecified atom stereocenters. The fraction of sp³-hybridized carbons (Fsp3) is 0.923. The maximum absolute atomic E-state index is 10.9. The number of rotatable bonds is 6. The summed E-state index contributed by atoms with van der Waals surface area (Å²) in [6.07, 6.45) is 2.23. The molecule has 0 aromatic heterocycles. The predicted molar refractivity (Wildman–Crippen MR) is 69.1 cm³/mol. The number of aliphatic carboxylic acids is 1. The molecule has 1 atom stereocenters. The van der Waals surface area contributed by atoms with E-state index in [2.05, 4.69) is 24.1 Å². The highest BCUT2D eigenvalue weighted by Crippen LogP contribution is 2.18. The van der Waals surface area contributed by atoms with Crippen molar-refractivity contribution in [2.45, 2.75) is 39.7 Å². The summed E-state index contributed by atoms with van der Waals surface area (Å²) in [5.74, 6) is 0.703. The summed E-state index contributed by atoms with van der Waals surface area (Å²) >= 11 is 0. The Morgan fingerprint density at radius 3 is 2.41 bits per heavy atom. The number of nitrogens with one attached hydrogen (secondary N) is 1. The molecule has 0 aliphatic carbocycles. The molecule has 0 radical (unpaired) electrons. The lowest BCUT2D eigenvalue weighted by atomic mass is 9.95. The summed E-state index contributed by atoms with van der Waals surface area (Å²) in [6.45, 7) is 10.2. The molecule has 1 saturated heterocycles. The molecule has 0 saturated carbocycles. The second-order valence-corrected chi connectivity index (χ2v) is 5.55. The third kappa shape index (κ3) is 5.04. The van der Waals surface area contributed by atoms with Gasteiger partial charge in [0.1, 0.15) is 6.04 Å². The minimum Gasteiger partial charge on any atom is -0.480 e. The van der Waals surface area contributed by atoms with Crippen molar-refractivity contribution in [3.63, 3.8) is 0 Å². The predicted octanol–water partition coefficient (Wildman–Crippen LogP) is 1.42. The van der Waals surface area contributed by atoms with Gasteiger partial charge in [0, 0.05) is 0 Å². The Balaban J connectivity index is 2.19. The van der Waals surface area contributed by atoms with Crippen molar-refractivity contribution in [2.24, 2.45) is 11.8 Å². The highest BCUT2D eigenvalue weighted by atomic mass is 16.4. The summed E-state index contributed by atoms with van der Waals surface area (Å²) in [4.78, 5) is 12.9.